The first-order valence-electron chi connectivity index (χ1n) is 7.04. The molecule has 0 aliphatic heterocycles. The highest BCUT2D eigenvalue weighted by Gasteiger charge is 2.12. The predicted octanol–water partition coefficient (Wildman–Crippen LogP) is 4.03. The van der Waals surface area contributed by atoms with Gasteiger partial charge in [0.2, 0.25) is 5.88 Å². The minimum Gasteiger partial charge on any atom is -0.494 e. The lowest BCUT2D eigenvalue weighted by atomic mass is 10.1. The second-order valence-electron chi connectivity index (χ2n) is 5.52. The van der Waals surface area contributed by atoms with E-state index < -0.39 is 0 Å². The highest BCUT2D eigenvalue weighted by Crippen LogP contribution is 2.28. The molecule has 1 aromatic heterocycles. The van der Waals surface area contributed by atoms with Crippen molar-refractivity contribution in [3.8, 4) is 5.88 Å². The second-order valence-corrected chi connectivity index (χ2v) is 5.93. The van der Waals surface area contributed by atoms with Gasteiger partial charge in [-0.1, -0.05) is 41.4 Å². The number of halogens is 1. The van der Waals surface area contributed by atoms with Gasteiger partial charge in [-0.05, 0) is 37.1 Å². The normalized spacial score (nSPS) is 11.0. The number of fused-ring (bicyclic) bond motifs is 1. The third-order valence-corrected chi connectivity index (χ3v) is 4.24. The molecule has 0 bridgehead atoms. The molecule has 1 heterocycles. The molecule has 112 valence electrons. The number of aromatic hydroxyl groups is 1. The first-order valence-corrected chi connectivity index (χ1v) is 7.42. The van der Waals surface area contributed by atoms with E-state index in [2.05, 4.69) is 6.07 Å². The number of benzene rings is 2. The Labute approximate surface area is 133 Å². The maximum absolute atomic E-state index is 12.3. The van der Waals surface area contributed by atoms with Crippen molar-refractivity contribution in [2.75, 3.05) is 0 Å². The predicted molar refractivity (Wildman–Crippen MR) is 89.9 cm³/mol. The van der Waals surface area contributed by atoms with Crippen molar-refractivity contribution in [3.05, 3.63) is 74.5 Å². The van der Waals surface area contributed by atoms with E-state index in [9.17, 15) is 9.90 Å². The van der Waals surface area contributed by atoms with E-state index in [1.807, 2.05) is 26.0 Å². The van der Waals surface area contributed by atoms with E-state index in [4.69, 9.17) is 11.6 Å². The Morgan fingerprint density at radius 3 is 2.59 bits per heavy atom. The first kappa shape index (κ1) is 14.7. The third-order valence-electron chi connectivity index (χ3n) is 3.91. The molecule has 0 saturated carbocycles. The van der Waals surface area contributed by atoms with Gasteiger partial charge in [0.15, 0.2) is 0 Å². The standard InChI is InChI=1S/C18H16ClNO2/c1-11-6-7-13(12(2)8-11)10-20-17(21)9-15-14(18(20)22)4-3-5-16(15)19/h3-9,22H,10H2,1-2H3. The zero-order chi connectivity index (χ0) is 15.9. The average molecular weight is 314 g/mol. The maximum atomic E-state index is 12.3. The molecule has 0 radical (unpaired) electrons. The van der Waals surface area contributed by atoms with Crippen LogP contribution in [0.4, 0.5) is 0 Å². The Balaban J connectivity index is 2.17. The summed E-state index contributed by atoms with van der Waals surface area (Å²) in [4.78, 5) is 12.3. The lowest BCUT2D eigenvalue weighted by Crippen LogP contribution is -2.20. The summed E-state index contributed by atoms with van der Waals surface area (Å²) in [5, 5.41) is 12.1. The van der Waals surface area contributed by atoms with Crippen molar-refractivity contribution < 1.29 is 5.11 Å². The van der Waals surface area contributed by atoms with Gasteiger partial charge in [0, 0.05) is 21.9 Å². The van der Waals surface area contributed by atoms with E-state index >= 15 is 0 Å². The number of rotatable bonds is 2. The minimum absolute atomic E-state index is 0.0509. The van der Waals surface area contributed by atoms with Crippen LogP contribution >= 0.6 is 11.6 Å². The van der Waals surface area contributed by atoms with Crippen LogP contribution < -0.4 is 5.56 Å². The fourth-order valence-electron chi connectivity index (χ4n) is 2.68. The van der Waals surface area contributed by atoms with Crippen molar-refractivity contribution in [2.45, 2.75) is 20.4 Å². The summed E-state index contributed by atoms with van der Waals surface area (Å²) in [5.41, 5.74) is 3.00. The van der Waals surface area contributed by atoms with E-state index in [1.165, 1.54) is 16.2 Å². The van der Waals surface area contributed by atoms with Gasteiger partial charge in [0.05, 0.1) is 6.54 Å². The summed E-state index contributed by atoms with van der Waals surface area (Å²) in [6.45, 7) is 4.36. The molecule has 1 N–H and O–H groups in total. The molecule has 0 spiro atoms. The van der Waals surface area contributed by atoms with Crippen LogP contribution in [0.2, 0.25) is 5.02 Å². The van der Waals surface area contributed by atoms with Gasteiger partial charge in [-0.15, -0.1) is 0 Å². The van der Waals surface area contributed by atoms with Crippen LogP contribution in [0.5, 0.6) is 5.88 Å². The molecule has 3 nitrogen and oxygen atoms in total. The smallest absolute Gasteiger partial charge is 0.254 e. The summed E-state index contributed by atoms with van der Waals surface area (Å²) >= 11 is 6.10. The number of hydrogen-bond acceptors (Lipinski definition) is 2. The molecule has 3 aromatic rings. The number of hydrogen-bond donors (Lipinski definition) is 1. The average Bonchev–Trinajstić information content (AvgIpc) is 2.47. The number of pyridine rings is 1. The minimum atomic E-state index is -0.266. The zero-order valence-electron chi connectivity index (χ0n) is 12.4. The molecule has 0 saturated heterocycles. The maximum Gasteiger partial charge on any atom is 0.254 e. The topological polar surface area (TPSA) is 42.2 Å². The van der Waals surface area contributed by atoms with Gasteiger partial charge in [-0.3, -0.25) is 9.36 Å². The largest absolute Gasteiger partial charge is 0.494 e. The van der Waals surface area contributed by atoms with E-state index in [-0.39, 0.29) is 11.4 Å². The second kappa shape index (κ2) is 5.50. The molecule has 2 aromatic carbocycles. The van der Waals surface area contributed by atoms with E-state index in [0.717, 1.165) is 11.1 Å². The fourth-order valence-corrected chi connectivity index (χ4v) is 2.91. The molecule has 0 atom stereocenters. The Morgan fingerprint density at radius 2 is 1.86 bits per heavy atom. The van der Waals surface area contributed by atoms with Crippen molar-refractivity contribution in [3.63, 3.8) is 0 Å². The van der Waals surface area contributed by atoms with Crippen LogP contribution in [0.1, 0.15) is 16.7 Å². The van der Waals surface area contributed by atoms with Gasteiger partial charge >= 0.3 is 0 Å². The van der Waals surface area contributed by atoms with Gasteiger partial charge in [-0.2, -0.15) is 0 Å². The molecule has 4 heteroatoms. The van der Waals surface area contributed by atoms with Crippen LogP contribution in [0, 0.1) is 13.8 Å². The molecule has 3 rings (SSSR count). The van der Waals surface area contributed by atoms with Crippen LogP contribution in [-0.2, 0) is 6.54 Å². The van der Waals surface area contributed by atoms with Gasteiger partial charge < -0.3 is 5.11 Å². The molecular formula is C18H16ClNO2. The quantitative estimate of drug-likeness (QED) is 0.776. The zero-order valence-corrected chi connectivity index (χ0v) is 13.2. The number of nitrogens with zero attached hydrogens (tertiary/aromatic N) is 1. The third kappa shape index (κ3) is 2.48. The monoisotopic (exact) mass is 313 g/mol. The van der Waals surface area contributed by atoms with Gasteiger partial charge in [0.25, 0.3) is 5.56 Å². The molecule has 0 aliphatic rings. The first-order chi connectivity index (χ1) is 10.5. The highest BCUT2D eigenvalue weighted by atomic mass is 35.5. The molecular weight excluding hydrogens is 298 g/mol. The fraction of sp³-hybridized carbons (Fsp3) is 0.167. The van der Waals surface area contributed by atoms with Crippen molar-refractivity contribution in [1.82, 2.24) is 4.57 Å². The Hall–Kier alpha value is -2.26. The summed E-state index contributed by atoms with van der Waals surface area (Å²) in [7, 11) is 0. The Kier molecular flexibility index (Phi) is 3.67. The van der Waals surface area contributed by atoms with Crippen molar-refractivity contribution >= 4 is 22.4 Å². The lowest BCUT2D eigenvalue weighted by Gasteiger charge is -2.13. The van der Waals surface area contributed by atoms with Gasteiger partial charge in [0.1, 0.15) is 0 Å². The SMILES string of the molecule is Cc1ccc(Cn2c(O)c3cccc(Cl)c3cc2=O)c(C)c1. The Bertz CT molecular complexity index is 928. The number of aryl methyl sites for hydroxylation is 2. The molecule has 0 fully saturated rings. The van der Waals surface area contributed by atoms with Crippen LogP contribution in [0.25, 0.3) is 10.8 Å². The van der Waals surface area contributed by atoms with E-state index in [0.29, 0.717) is 22.3 Å². The summed E-state index contributed by atoms with van der Waals surface area (Å²) < 4.78 is 1.37. The van der Waals surface area contributed by atoms with Crippen molar-refractivity contribution in [1.29, 1.82) is 0 Å². The van der Waals surface area contributed by atoms with E-state index in [1.54, 1.807) is 18.2 Å². The lowest BCUT2D eigenvalue weighted by molar-refractivity contribution is 0.422. The van der Waals surface area contributed by atoms with Crippen molar-refractivity contribution in [2.24, 2.45) is 0 Å². The molecule has 0 unspecified atom stereocenters. The summed E-state index contributed by atoms with van der Waals surface area (Å²) in [6.07, 6.45) is 0. The summed E-state index contributed by atoms with van der Waals surface area (Å²) in [6, 6.07) is 12.7. The number of aromatic nitrogens is 1. The molecule has 0 amide bonds. The van der Waals surface area contributed by atoms with Crippen LogP contribution in [0.3, 0.4) is 0 Å². The van der Waals surface area contributed by atoms with Gasteiger partial charge in [-0.25, -0.2) is 0 Å². The Morgan fingerprint density at radius 1 is 1.09 bits per heavy atom. The van der Waals surface area contributed by atoms with Crippen LogP contribution in [0.15, 0.2) is 47.3 Å². The highest BCUT2D eigenvalue weighted by molar-refractivity contribution is 6.35. The molecule has 22 heavy (non-hydrogen) atoms. The summed E-state index contributed by atoms with van der Waals surface area (Å²) in [5.74, 6) is -0.0509. The molecule has 0 aliphatic carbocycles. The van der Waals surface area contributed by atoms with Crippen LogP contribution in [-0.4, -0.2) is 9.67 Å².